The maximum Gasteiger partial charge on any atom is 0.164 e. The molecule has 2 aliphatic carbocycles. The van der Waals surface area contributed by atoms with Crippen LogP contribution in [0.4, 0.5) is 0 Å². The average molecular weight is 1520 g/mol. The van der Waals surface area contributed by atoms with Gasteiger partial charge in [0.2, 0.25) is 0 Å². The highest BCUT2D eigenvalue weighted by atomic mass is 16.5. The van der Waals surface area contributed by atoms with Gasteiger partial charge in [-0.15, -0.1) is 0 Å². The van der Waals surface area contributed by atoms with Crippen LogP contribution in [-0.4, -0.2) is 35.8 Å². The number of fused-ring (bicyclic) bond motifs is 20. The zero-order chi connectivity index (χ0) is 78.2. The Labute approximate surface area is 685 Å². The van der Waals surface area contributed by atoms with Gasteiger partial charge >= 0.3 is 0 Å². The Morgan fingerprint density at radius 2 is 0.807 bits per heavy atom. The number of furan rings is 1. The second kappa shape index (κ2) is 27.1. The number of rotatable bonds is 13. The molecular formula is C109H68N8O2. The molecule has 3 aliphatic rings. The van der Waals surface area contributed by atoms with Gasteiger partial charge in [-0.25, -0.2) is 24.9 Å². The van der Waals surface area contributed by atoms with Crippen LogP contribution in [0.1, 0.15) is 45.1 Å². The second-order valence-corrected chi connectivity index (χ2v) is 30.9. The van der Waals surface area contributed by atoms with E-state index in [1.165, 1.54) is 44.5 Å². The van der Waals surface area contributed by atoms with Crippen molar-refractivity contribution in [1.29, 1.82) is 0 Å². The Bertz CT molecular complexity index is 7730. The summed E-state index contributed by atoms with van der Waals surface area (Å²) in [6.07, 6.45) is -0.452. The minimum absolute atomic E-state index is 0.425. The smallest absolute Gasteiger partial charge is 0.164 e. The monoisotopic (exact) mass is 1520 g/mol. The van der Waals surface area contributed by atoms with Crippen LogP contribution < -0.4 is 10.1 Å². The number of ether oxygens (including phenoxy) is 1. The molecule has 119 heavy (non-hydrogen) atoms. The van der Waals surface area contributed by atoms with Gasteiger partial charge in [0.05, 0.1) is 27.5 Å². The Morgan fingerprint density at radius 1 is 0.294 bits per heavy atom. The minimum Gasteiger partial charge on any atom is -0.457 e. The summed E-state index contributed by atoms with van der Waals surface area (Å²) in [5, 5.41) is 10.3. The standard InChI is InChI=1S/C109H68N8O2/c1-5-26-68(27-6-1)103-110-104(69-28-7-2-8-29-69)114-108(113-103)89-44-25-49-99-100(89)91-65-72(54-61-98(91)119-99)71-53-60-97-90(64-71)87-59-58-86-85-42-18-22-48-96(85)117(101(86)102(87)116(97)76-34-11-4-12-35-76)77-36-23-32-74(62-77)80-38-13-14-43-88(80)107-112-105(70-30-9-3-10-31-70)111-106(115-107)75-33-24-37-79(63-75)118-78-55-50-67(51-56-78)73-52-57-84-83-41-17-21-47-94(83)109(95(84)66-73)92-45-19-15-39-81(92)82-40-16-20-46-93(82)109/h1-66,108H,(H,110,113,114). The fraction of sp³-hybridized carbons (Fsp3) is 0.0183. The van der Waals surface area contributed by atoms with E-state index in [1.54, 1.807) is 0 Å². The third-order valence-corrected chi connectivity index (χ3v) is 24.3. The molecule has 0 saturated heterocycles. The first kappa shape index (κ1) is 67.6. The maximum absolute atomic E-state index is 6.77. The van der Waals surface area contributed by atoms with Crippen molar-refractivity contribution in [2.24, 2.45) is 9.98 Å². The summed E-state index contributed by atoms with van der Waals surface area (Å²) < 4.78 is 18.4. The van der Waals surface area contributed by atoms with Crippen LogP contribution in [0.2, 0.25) is 0 Å². The highest BCUT2D eigenvalue weighted by Gasteiger charge is 2.51. The molecule has 0 bridgehead atoms. The molecule has 556 valence electrons. The number of amidine groups is 2. The summed E-state index contributed by atoms with van der Waals surface area (Å²) >= 11 is 0. The lowest BCUT2D eigenvalue weighted by Gasteiger charge is -2.30. The fourth-order valence-corrected chi connectivity index (χ4v) is 19.1. The van der Waals surface area contributed by atoms with Gasteiger partial charge in [-0.1, -0.05) is 309 Å². The van der Waals surface area contributed by atoms with E-state index in [0.717, 1.165) is 150 Å². The van der Waals surface area contributed by atoms with Crippen molar-refractivity contribution in [3.63, 3.8) is 0 Å². The molecule has 10 heteroatoms. The van der Waals surface area contributed by atoms with Crippen molar-refractivity contribution in [1.82, 2.24) is 29.4 Å². The minimum atomic E-state index is -0.452. The molecule has 1 aliphatic heterocycles. The molecule has 1 unspecified atom stereocenters. The van der Waals surface area contributed by atoms with Crippen LogP contribution in [0.3, 0.4) is 0 Å². The van der Waals surface area contributed by atoms with Crippen molar-refractivity contribution in [2.75, 3.05) is 0 Å². The molecule has 0 fully saturated rings. The average Bonchev–Trinajstić information content (AvgIpc) is 1.51. The molecule has 0 radical (unpaired) electrons. The quantitative estimate of drug-likeness (QED) is 0.123. The molecule has 21 aromatic rings. The number of aliphatic imine (C=N–C) groups is 2. The van der Waals surface area contributed by atoms with E-state index in [1.807, 2.05) is 78.9 Å². The lowest BCUT2D eigenvalue weighted by atomic mass is 9.70. The van der Waals surface area contributed by atoms with Crippen LogP contribution in [0.5, 0.6) is 11.5 Å². The highest BCUT2D eigenvalue weighted by molar-refractivity contribution is 6.24. The van der Waals surface area contributed by atoms with E-state index in [-0.39, 0.29) is 0 Å². The number of benzene rings is 17. The first-order chi connectivity index (χ1) is 59.0. The van der Waals surface area contributed by atoms with E-state index < -0.39 is 11.6 Å². The summed E-state index contributed by atoms with van der Waals surface area (Å²) in [6, 6.07) is 142. The van der Waals surface area contributed by atoms with Gasteiger partial charge in [0.15, 0.2) is 23.3 Å². The Kier molecular flexibility index (Phi) is 15.4. The third kappa shape index (κ3) is 10.8. The molecular weight excluding hydrogens is 1450 g/mol. The van der Waals surface area contributed by atoms with E-state index in [9.17, 15) is 0 Å². The summed E-state index contributed by atoms with van der Waals surface area (Å²) in [4.78, 5) is 26.4. The van der Waals surface area contributed by atoms with Crippen LogP contribution in [-0.2, 0) is 5.41 Å². The molecule has 1 N–H and O–H groups in total. The molecule has 1 atom stereocenters. The highest BCUT2D eigenvalue weighted by Crippen LogP contribution is 2.63. The maximum atomic E-state index is 6.77. The first-order valence-electron chi connectivity index (χ1n) is 40.4. The molecule has 0 amide bonds. The van der Waals surface area contributed by atoms with Crippen LogP contribution in [0.15, 0.2) is 415 Å². The van der Waals surface area contributed by atoms with Crippen molar-refractivity contribution in [3.8, 4) is 113 Å². The predicted octanol–water partition coefficient (Wildman–Crippen LogP) is 26.6. The summed E-state index contributed by atoms with van der Waals surface area (Å²) in [6.45, 7) is 0. The number of hydrogen-bond donors (Lipinski definition) is 1. The van der Waals surface area contributed by atoms with Gasteiger partial charge in [-0.05, 0) is 169 Å². The normalized spacial score (nSPS) is 13.7. The van der Waals surface area contributed by atoms with Gasteiger partial charge in [0, 0.05) is 77.1 Å². The largest absolute Gasteiger partial charge is 0.457 e. The first-order valence-corrected chi connectivity index (χ1v) is 40.4. The predicted molar refractivity (Wildman–Crippen MR) is 483 cm³/mol. The van der Waals surface area contributed by atoms with Gasteiger partial charge < -0.3 is 23.6 Å². The summed E-state index contributed by atoms with van der Waals surface area (Å²) in [5.74, 6) is 4.43. The number of hydrogen-bond acceptors (Lipinski definition) is 8. The van der Waals surface area contributed by atoms with E-state index in [4.69, 9.17) is 34.1 Å². The molecule has 4 aromatic heterocycles. The number of para-hydroxylation sites is 2. The van der Waals surface area contributed by atoms with Crippen molar-refractivity contribution >= 4 is 77.2 Å². The molecule has 0 saturated carbocycles. The zero-order valence-corrected chi connectivity index (χ0v) is 64.1. The van der Waals surface area contributed by atoms with Crippen molar-refractivity contribution < 1.29 is 9.15 Å². The lowest BCUT2D eigenvalue weighted by Crippen LogP contribution is -2.33. The summed E-state index contributed by atoms with van der Waals surface area (Å²) in [7, 11) is 0. The summed E-state index contributed by atoms with van der Waals surface area (Å²) in [5.41, 5.74) is 29.9. The zero-order valence-electron chi connectivity index (χ0n) is 64.1. The van der Waals surface area contributed by atoms with Gasteiger partial charge in [0.1, 0.15) is 34.7 Å². The number of nitrogens with zero attached hydrogens (tertiary/aromatic N) is 7. The van der Waals surface area contributed by atoms with Crippen LogP contribution >= 0.6 is 0 Å². The molecule has 17 aromatic carbocycles. The Balaban J connectivity index is 0.583. The number of aromatic nitrogens is 5. The third-order valence-electron chi connectivity index (χ3n) is 24.3. The van der Waals surface area contributed by atoms with E-state index in [2.05, 4.69) is 336 Å². The fourth-order valence-electron chi connectivity index (χ4n) is 19.1. The van der Waals surface area contributed by atoms with Gasteiger partial charge in [-0.2, -0.15) is 0 Å². The van der Waals surface area contributed by atoms with Crippen LogP contribution in [0, 0.1) is 0 Å². The molecule has 5 heterocycles. The molecule has 10 nitrogen and oxygen atoms in total. The van der Waals surface area contributed by atoms with Gasteiger partial charge in [0.25, 0.3) is 0 Å². The molecule has 1 spiro atoms. The number of nitrogens with one attached hydrogen (secondary N) is 1. The Morgan fingerprint density at radius 3 is 1.53 bits per heavy atom. The van der Waals surface area contributed by atoms with Crippen molar-refractivity contribution in [2.45, 2.75) is 11.6 Å². The second-order valence-electron chi connectivity index (χ2n) is 30.9. The van der Waals surface area contributed by atoms with E-state index in [0.29, 0.717) is 34.8 Å². The lowest BCUT2D eigenvalue weighted by molar-refractivity contribution is 0.483. The SMILES string of the molecule is c1ccc(C2=NC(c3cccc4oc5ccc(-c6ccc7c(c6)c6ccc8c9ccccc9n(-c9cccc(-c%10ccccc%10-c%10nc(-c%11ccccc%11)nc(-c%11cccc(Oc%12ccc(-c%13ccc%14c(c%13)C%13(c%15ccccc%15-c%15ccccc%15%13)c%13ccccc%13-%14)cc%12)c%11)n%10)c9)c8c6n7-c6ccccc6)cc5c34)NC(c3ccccc3)=N2)cc1. The van der Waals surface area contributed by atoms with Gasteiger partial charge in [-0.3, -0.25) is 0 Å². The van der Waals surface area contributed by atoms with Crippen LogP contribution in [0.25, 0.3) is 167 Å². The molecule has 24 rings (SSSR count). The van der Waals surface area contributed by atoms with E-state index >= 15 is 0 Å². The Hall–Kier alpha value is -15.9. The topological polar surface area (TPSA) is 108 Å². The van der Waals surface area contributed by atoms with Crippen molar-refractivity contribution in [3.05, 3.63) is 439 Å².